The Morgan fingerprint density at radius 1 is 1.10 bits per heavy atom. The van der Waals surface area contributed by atoms with Gasteiger partial charge < -0.3 is 10.2 Å². The molecule has 29 heavy (non-hydrogen) atoms. The first-order valence-electron chi connectivity index (χ1n) is 9.88. The number of carbonyl (C=O) groups excluding carboxylic acids is 2. The number of benzene rings is 2. The summed E-state index contributed by atoms with van der Waals surface area (Å²) in [6, 6.07) is 12.3. The second-order valence-electron chi connectivity index (χ2n) is 7.73. The number of hydrogen-bond donors (Lipinski definition) is 3. The standard InChI is InChI=1S/C22H24FN3O3/c23-18-7-5-14(6-8-18)19-11-20(19)24-9-1-2-21(27)26-12-16-4-3-15(22(28)25-29)10-17(16)13-26/h3-8,10,19-20,24,29H,1-2,9,11-13H2,(H,25,28). The van der Waals surface area contributed by atoms with Crippen LogP contribution in [0.1, 0.15) is 52.2 Å². The van der Waals surface area contributed by atoms with Gasteiger partial charge in [-0.1, -0.05) is 18.2 Å². The topological polar surface area (TPSA) is 81.7 Å². The lowest BCUT2D eigenvalue weighted by Crippen LogP contribution is -2.27. The van der Waals surface area contributed by atoms with Gasteiger partial charge in [-0.3, -0.25) is 14.8 Å². The summed E-state index contributed by atoms with van der Waals surface area (Å²) in [5, 5.41) is 12.2. The molecule has 0 aromatic heterocycles. The van der Waals surface area contributed by atoms with E-state index in [0.29, 0.717) is 37.0 Å². The molecule has 7 heteroatoms. The highest BCUT2D eigenvalue weighted by Crippen LogP contribution is 2.40. The molecular weight excluding hydrogens is 373 g/mol. The molecule has 3 N–H and O–H groups in total. The summed E-state index contributed by atoms with van der Waals surface area (Å²) >= 11 is 0. The SMILES string of the molecule is O=C(NO)c1ccc2c(c1)CN(C(=O)CCCNC1CC1c1ccc(F)cc1)C2. The van der Waals surface area contributed by atoms with Crippen LogP contribution in [0.15, 0.2) is 42.5 Å². The van der Waals surface area contributed by atoms with Crippen molar-refractivity contribution < 1.29 is 19.2 Å². The number of carbonyl (C=O) groups is 2. The third kappa shape index (κ3) is 4.46. The van der Waals surface area contributed by atoms with Crippen LogP contribution in [0.5, 0.6) is 0 Å². The molecule has 1 fully saturated rings. The second kappa shape index (κ2) is 8.31. The number of nitrogens with one attached hydrogen (secondary N) is 2. The van der Waals surface area contributed by atoms with Crippen LogP contribution in [-0.4, -0.2) is 34.5 Å². The molecule has 2 unspecified atom stereocenters. The van der Waals surface area contributed by atoms with E-state index in [2.05, 4.69) is 5.32 Å². The first-order chi connectivity index (χ1) is 14.0. The molecule has 0 saturated heterocycles. The Kier molecular flexibility index (Phi) is 5.60. The first kappa shape index (κ1) is 19.5. The lowest BCUT2D eigenvalue weighted by molar-refractivity contribution is -0.131. The maximum absolute atomic E-state index is 13.0. The summed E-state index contributed by atoms with van der Waals surface area (Å²) in [6.45, 7) is 1.82. The van der Waals surface area contributed by atoms with Crippen LogP contribution in [0, 0.1) is 5.82 Å². The molecule has 2 aliphatic rings. The van der Waals surface area contributed by atoms with Gasteiger partial charge in [0.15, 0.2) is 0 Å². The summed E-state index contributed by atoms with van der Waals surface area (Å²) in [4.78, 5) is 25.8. The molecule has 6 nitrogen and oxygen atoms in total. The van der Waals surface area contributed by atoms with Crippen molar-refractivity contribution in [1.82, 2.24) is 15.7 Å². The summed E-state index contributed by atoms with van der Waals surface area (Å²) in [6.07, 6.45) is 2.28. The van der Waals surface area contributed by atoms with E-state index in [1.54, 1.807) is 22.5 Å². The molecule has 1 aliphatic heterocycles. The number of rotatable bonds is 7. The van der Waals surface area contributed by atoms with E-state index in [-0.39, 0.29) is 11.7 Å². The molecule has 1 heterocycles. The summed E-state index contributed by atoms with van der Waals surface area (Å²) < 4.78 is 13.0. The van der Waals surface area contributed by atoms with Crippen LogP contribution >= 0.6 is 0 Å². The molecule has 2 aromatic carbocycles. The molecule has 0 spiro atoms. The summed E-state index contributed by atoms with van der Waals surface area (Å²) in [5.41, 5.74) is 5.14. The van der Waals surface area contributed by atoms with Gasteiger partial charge in [-0.15, -0.1) is 0 Å². The highest BCUT2D eigenvalue weighted by atomic mass is 19.1. The highest BCUT2D eigenvalue weighted by molar-refractivity contribution is 5.93. The Balaban J connectivity index is 1.19. The van der Waals surface area contributed by atoms with Gasteiger partial charge in [-0.25, -0.2) is 9.87 Å². The predicted molar refractivity (Wildman–Crippen MR) is 105 cm³/mol. The average Bonchev–Trinajstić information content (AvgIpc) is 3.38. The van der Waals surface area contributed by atoms with Crippen molar-refractivity contribution in [1.29, 1.82) is 0 Å². The van der Waals surface area contributed by atoms with Crippen molar-refractivity contribution in [2.45, 2.75) is 44.3 Å². The molecule has 1 aliphatic carbocycles. The van der Waals surface area contributed by atoms with Crippen molar-refractivity contribution in [3.8, 4) is 0 Å². The molecule has 2 aromatic rings. The van der Waals surface area contributed by atoms with E-state index in [1.165, 1.54) is 12.1 Å². The molecule has 152 valence electrons. The largest absolute Gasteiger partial charge is 0.334 e. The lowest BCUT2D eigenvalue weighted by Gasteiger charge is -2.15. The third-order valence-corrected chi connectivity index (χ3v) is 5.71. The number of halogens is 1. The van der Waals surface area contributed by atoms with E-state index in [0.717, 1.165) is 36.1 Å². The Hall–Kier alpha value is -2.77. The van der Waals surface area contributed by atoms with Gasteiger partial charge in [0.1, 0.15) is 5.82 Å². The molecule has 0 radical (unpaired) electrons. The number of nitrogens with zero attached hydrogens (tertiary/aromatic N) is 1. The summed E-state index contributed by atoms with van der Waals surface area (Å²) in [5.74, 6) is -0.233. The first-order valence-corrected chi connectivity index (χ1v) is 9.88. The molecule has 2 atom stereocenters. The lowest BCUT2D eigenvalue weighted by atomic mass is 10.1. The summed E-state index contributed by atoms with van der Waals surface area (Å²) in [7, 11) is 0. The quantitative estimate of drug-likeness (QED) is 0.381. The molecular formula is C22H24FN3O3. The highest BCUT2D eigenvalue weighted by Gasteiger charge is 2.37. The minimum Gasteiger partial charge on any atom is -0.334 e. The number of hydroxylamine groups is 1. The Bertz CT molecular complexity index is 916. The fourth-order valence-electron chi connectivity index (χ4n) is 3.96. The van der Waals surface area contributed by atoms with Crippen LogP contribution in [0.3, 0.4) is 0 Å². The zero-order valence-corrected chi connectivity index (χ0v) is 16.0. The monoisotopic (exact) mass is 397 g/mol. The minimum absolute atomic E-state index is 0.0991. The number of fused-ring (bicyclic) bond motifs is 1. The van der Waals surface area contributed by atoms with E-state index < -0.39 is 5.91 Å². The zero-order chi connectivity index (χ0) is 20.4. The van der Waals surface area contributed by atoms with Crippen molar-refractivity contribution >= 4 is 11.8 Å². The Morgan fingerprint density at radius 2 is 1.86 bits per heavy atom. The van der Waals surface area contributed by atoms with Gasteiger partial charge in [0, 0.05) is 37.0 Å². The average molecular weight is 397 g/mol. The molecule has 0 bridgehead atoms. The van der Waals surface area contributed by atoms with Crippen LogP contribution < -0.4 is 10.8 Å². The van der Waals surface area contributed by atoms with E-state index in [9.17, 15) is 14.0 Å². The van der Waals surface area contributed by atoms with Crippen LogP contribution in [-0.2, 0) is 17.9 Å². The van der Waals surface area contributed by atoms with Crippen molar-refractivity contribution in [2.24, 2.45) is 0 Å². The Labute approximate surface area is 168 Å². The van der Waals surface area contributed by atoms with E-state index in [4.69, 9.17) is 5.21 Å². The van der Waals surface area contributed by atoms with Crippen molar-refractivity contribution in [3.05, 3.63) is 70.5 Å². The van der Waals surface area contributed by atoms with Crippen LogP contribution in [0.25, 0.3) is 0 Å². The van der Waals surface area contributed by atoms with Crippen molar-refractivity contribution in [2.75, 3.05) is 6.54 Å². The minimum atomic E-state index is -0.553. The maximum Gasteiger partial charge on any atom is 0.274 e. The van der Waals surface area contributed by atoms with Gasteiger partial charge >= 0.3 is 0 Å². The fraction of sp³-hybridized carbons (Fsp3) is 0.364. The molecule has 1 saturated carbocycles. The smallest absolute Gasteiger partial charge is 0.274 e. The van der Waals surface area contributed by atoms with Gasteiger partial charge in [0.05, 0.1) is 0 Å². The predicted octanol–water partition coefficient (Wildman–Crippen LogP) is 2.71. The van der Waals surface area contributed by atoms with E-state index in [1.807, 2.05) is 18.2 Å². The van der Waals surface area contributed by atoms with Crippen molar-refractivity contribution in [3.63, 3.8) is 0 Å². The van der Waals surface area contributed by atoms with Gasteiger partial charge in [0.25, 0.3) is 5.91 Å². The molecule has 4 rings (SSSR count). The van der Waals surface area contributed by atoms with E-state index >= 15 is 0 Å². The Morgan fingerprint density at radius 3 is 2.62 bits per heavy atom. The van der Waals surface area contributed by atoms with Crippen LogP contribution in [0.2, 0.25) is 0 Å². The fourth-order valence-corrected chi connectivity index (χ4v) is 3.96. The van der Waals surface area contributed by atoms with Gasteiger partial charge in [-0.2, -0.15) is 0 Å². The van der Waals surface area contributed by atoms with Gasteiger partial charge in [0.2, 0.25) is 5.91 Å². The normalized spacial score (nSPS) is 19.7. The second-order valence-corrected chi connectivity index (χ2v) is 7.73. The maximum atomic E-state index is 13.0. The number of hydrogen-bond acceptors (Lipinski definition) is 4. The van der Waals surface area contributed by atoms with Crippen LogP contribution in [0.4, 0.5) is 4.39 Å². The van der Waals surface area contributed by atoms with Gasteiger partial charge in [-0.05, 0) is 60.3 Å². The number of amides is 2. The third-order valence-electron chi connectivity index (χ3n) is 5.71. The molecule has 2 amide bonds. The zero-order valence-electron chi connectivity index (χ0n) is 16.0.